The van der Waals surface area contributed by atoms with Crippen molar-refractivity contribution in [1.29, 1.82) is 0 Å². The molecule has 0 aliphatic heterocycles. The minimum atomic E-state index is -1.02. The molecule has 0 aliphatic rings. The summed E-state index contributed by atoms with van der Waals surface area (Å²) < 4.78 is 0. The minimum Gasteiger partial charge on any atom is -0.465 e. The van der Waals surface area contributed by atoms with Gasteiger partial charge in [-0.15, -0.1) is 0 Å². The van der Waals surface area contributed by atoms with Crippen LogP contribution >= 0.6 is 0 Å². The van der Waals surface area contributed by atoms with Gasteiger partial charge in [-0.3, -0.25) is 5.32 Å². The predicted molar refractivity (Wildman–Crippen MR) is 70.6 cm³/mol. The van der Waals surface area contributed by atoms with Gasteiger partial charge in [-0.25, -0.2) is 4.79 Å². The third-order valence-electron chi connectivity index (χ3n) is 2.77. The number of hydrogen-bond acceptors (Lipinski definition) is 1. The van der Waals surface area contributed by atoms with Crippen molar-refractivity contribution < 1.29 is 9.90 Å². The summed E-state index contributed by atoms with van der Waals surface area (Å²) in [6, 6.07) is 7.61. The van der Waals surface area contributed by atoms with Gasteiger partial charge in [-0.2, -0.15) is 0 Å². The summed E-state index contributed by atoms with van der Waals surface area (Å²) in [6.07, 6.45) is 6.47. The van der Waals surface area contributed by atoms with Gasteiger partial charge in [0.25, 0.3) is 0 Å². The smallest absolute Gasteiger partial charge is 0.409 e. The van der Waals surface area contributed by atoms with E-state index in [1.807, 2.05) is 24.3 Å². The fourth-order valence-electron chi connectivity index (χ4n) is 1.81. The maximum atomic E-state index is 10.4. The Labute approximate surface area is 103 Å². The molecule has 3 heteroatoms. The second kappa shape index (κ2) is 7.71. The van der Waals surface area contributed by atoms with E-state index in [9.17, 15) is 4.79 Å². The van der Waals surface area contributed by atoms with E-state index < -0.39 is 6.09 Å². The van der Waals surface area contributed by atoms with Crippen LogP contribution in [0, 0.1) is 0 Å². The third kappa shape index (κ3) is 5.95. The highest BCUT2D eigenvalue weighted by Crippen LogP contribution is 2.13. The number of rotatable bonds is 7. The molecule has 0 fully saturated rings. The van der Waals surface area contributed by atoms with Gasteiger partial charge in [-0.1, -0.05) is 44.7 Å². The monoisotopic (exact) mass is 235 g/mol. The highest BCUT2D eigenvalue weighted by Gasteiger charge is 1.98. The first kappa shape index (κ1) is 13.6. The van der Waals surface area contributed by atoms with Crippen LogP contribution in [-0.2, 0) is 6.42 Å². The van der Waals surface area contributed by atoms with Crippen LogP contribution in [0.5, 0.6) is 0 Å². The maximum Gasteiger partial charge on any atom is 0.409 e. The van der Waals surface area contributed by atoms with E-state index in [1.54, 1.807) is 0 Å². The molecule has 1 rings (SSSR count). The minimum absolute atomic E-state index is 0.632. The number of amides is 1. The molecule has 0 aliphatic carbocycles. The lowest BCUT2D eigenvalue weighted by Gasteiger charge is -2.04. The van der Waals surface area contributed by atoms with Crippen molar-refractivity contribution in [2.24, 2.45) is 0 Å². The van der Waals surface area contributed by atoms with Crippen LogP contribution in [0.4, 0.5) is 10.5 Å². The van der Waals surface area contributed by atoms with E-state index in [2.05, 4.69) is 12.2 Å². The molecule has 0 aromatic heterocycles. The normalized spacial score (nSPS) is 10.2. The molecule has 0 bridgehead atoms. The molecule has 0 atom stereocenters. The first-order chi connectivity index (χ1) is 8.22. The number of nitrogens with one attached hydrogen (secondary N) is 1. The van der Waals surface area contributed by atoms with Gasteiger partial charge in [-0.05, 0) is 30.5 Å². The van der Waals surface area contributed by atoms with Gasteiger partial charge in [0.05, 0.1) is 0 Å². The number of carboxylic acid groups (broad SMARTS) is 1. The zero-order valence-electron chi connectivity index (χ0n) is 10.4. The van der Waals surface area contributed by atoms with Gasteiger partial charge in [0.15, 0.2) is 0 Å². The second-order valence-corrected chi connectivity index (χ2v) is 4.29. The van der Waals surface area contributed by atoms with Crippen LogP contribution in [0.3, 0.4) is 0 Å². The van der Waals surface area contributed by atoms with Crippen LogP contribution in [0.2, 0.25) is 0 Å². The van der Waals surface area contributed by atoms with Gasteiger partial charge in [0, 0.05) is 5.69 Å². The Morgan fingerprint density at radius 1 is 1.12 bits per heavy atom. The molecular weight excluding hydrogens is 214 g/mol. The average molecular weight is 235 g/mol. The molecule has 0 unspecified atom stereocenters. The average Bonchev–Trinajstić information content (AvgIpc) is 2.30. The molecule has 2 N–H and O–H groups in total. The summed E-state index contributed by atoms with van der Waals surface area (Å²) in [5.41, 5.74) is 1.91. The number of benzene rings is 1. The summed E-state index contributed by atoms with van der Waals surface area (Å²) in [4.78, 5) is 10.4. The Kier molecular flexibility index (Phi) is 6.15. The predicted octanol–water partition coefficient (Wildman–Crippen LogP) is 4.29. The largest absolute Gasteiger partial charge is 0.465 e. The third-order valence-corrected chi connectivity index (χ3v) is 2.77. The summed E-state index contributed by atoms with van der Waals surface area (Å²) in [5, 5.41) is 10.9. The fraction of sp³-hybridized carbons (Fsp3) is 0.500. The fourth-order valence-corrected chi connectivity index (χ4v) is 1.81. The Morgan fingerprint density at radius 2 is 1.76 bits per heavy atom. The van der Waals surface area contributed by atoms with Crippen molar-refractivity contribution in [1.82, 2.24) is 0 Å². The molecule has 94 valence electrons. The van der Waals surface area contributed by atoms with Gasteiger partial charge in [0.2, 0.25) is 0 Å². The summed E-state index contributed by atoms with van der Waals surface area (Å²) in [5.74, 6) is 0. The lowest BCUT2D eigenvalue weighted by Crippen LogP contribution is -2.06. The molecule has 1 aromatic carbocycles. The molecule has 0 saturated carbocycles. The second-order valence-electron chi connectivity index (χ2n) is 4.29. The van der Waals surface area contributed by atoms with E-state index in [1.165, 1.54) is 37.7 Å². The zero-order valence-corrected chi connectivity index (χ0v) is 10.4. The van der Waals surface area contributed by atoms with E-state index in [4.69, 9.17) is 5.11 Å². The number of anilines is 1. The van der Waals surface area contributed by atoms with Crippen LogP contribution in [0.15, 0.2) is 24.3 Å². The van der Waals surface area contributed by atoms with Gasteiger partial charge < -0.3 is 5.11 Å². The Morgan fingerprint density at radius 3 is 2.35 bits per heavy atom. The van der Waals surface area contributed by atoms with Crippen LogP contribution in [-0.4, -0.2) is 11.2 Å². The van der Waals surface area contributed by atoms with Crippen molar-refractivity contribution in [2.75, 3.05) is 5.32 Å². The maximum absolute atomic E-state index is 10.4. The van der Waals surface area contributed by atoms with Crippen molar-refractivity contribution in [3.8, 4) is 0 Å². The first-order valence-corrected chi connectivity index (χ1v) is 6.31. The molecule has 0 saturated heterocycles. The SMILES string of the molecule is CCCCCCCc1ccc(NC(=O)O)cc1. The number of hydrogen-bond donors (Lipinski definition) is 2. The highest BCUT2D eigenvalue weighted by atomic mass is 16.4. The van der Waals surface area contributed by atoms with E-state index in [0.717, 1.165) is 6.42 Å². The lowest BCUT2D eigenvalue weighted by molar-refractivity contribution is 0.210. The van der Waals surface area contributed by atoms with Crippen molar-refractivity contribution in [3.05, 3.63) is 29.8 Å². The Bertz CT molecular complexity index is 333. The topological polar surface area (TPSA) is 49.3 Å². The number of carbonyl (C=O) groups is 1. The molecule has 0 spiro atoms. The zero-order chi connectivity index (χ0) is 12.5. The quantitative estimate of drug-likeness (QED) is 0.693. The van der Waals surface area contributed by atoms with E-state index in [-0.39, 0.29) is 0 Å². The Hall–Kier alpha value is -1.51. The molecule has 0 heterocycles. The first-order valence-electron chi connectivity index (χ1n) is 6.31. The van der Waals surface area contributed by atoms with Crippen LogP contribution < -0.4 is 5.32 Å². The molecule has 1 aromatic rings. The lowest BCUT2D eigenvalue weighted by atomic mass is 10.1. The standard InChI is InChI=1S/C14H21NO2/c1-2-3-4-5-6-7-12-8-10-13(11-9-12)15-14(16)17/h8-11,15H,2-7H2,1H3,(H,16,17). The number of unbranched alkanes of at least 4 members (excludes halogenated alkanes) is 4. The summed E-state index contributed by atoms with van der Waals surface area (Å²) in [6.45, 7) is 2.22. The Balaban J connectivity index is 2.28. The van der Waals surface area contributed by atoms with E-state index in [0.29, 0.717) is 5.69 Å². The van der Waals surface area contributed by atoms with E-state index >= 15 is 0 Å². The van der Waals surface area contributed by atoms with Crippen LogP contribution in [0.25, 0.3) is 0 Å². The highest BCUT2D eigenvalue weighted by molar-refractivity contribution is 5.82. The molecule has 3 nitrogen and oxygen atoms in total. The van der Waals surface area contributed by atoms with Gasteiger partial charge >= 0.3 is 6.09 Å². The summed E-state index contributed by atoms with van der Waals surface area (Å²) >= 11 is 0. The molecule has 17 heavy (non-hydrogen) atoms. The summed E-state index contributed by atoms with van der Waals surface area (Å²) in [7, 11) is 0. The molecular formula is C14H21NO2. The molecule has 1 amide bonds. The van der Waals surface area contributed by atoms with Crippen LogP contribution in [0.1, 0.15) is 44.6 Å². The van der Waals surface area contributed by atoms with Crippen molar-refractivity contribution >= 4 is 11.8 Å². The van der Waals surface area contributed by atoms with Crippen molar-refractivity contribution in [2.45, 2.75) is 45.4 Å². The molecule has 0 radical (unpaired) electrons. The van der Waals surface area contributed by atoms with Crippen molar-refractivity contribution in [3.63, 3.8) is 0 Å². The van der Waals surface area contributed by atoms with Gasteiger partial charge in [0.1, 0.15) is 0 Å². The number of aryl methyl sites for hydroxylation is 1.